The van der Waals surface area contributed by atoms with Crippen LogP contribution in [0.15, 0.2) is 6.07 Å². The molecule has 0 atom stereocenters. The van der Waals surface area contributed by atoms with E-state index in [9.17, 15) is 13.6 Å². The summed E-state index contributed by atoms with van der Waals surface area (Å²) < 4.78 is 25.3. The number of halogens is 3. The second kappa shape index (κ2) is 5.21. The number of carboxylic acid groups (broad SMARTS) is 1. The third-order valence-corrected chi connectivity index (χ3v) is 2.36. The molecule has 16 heavy (non-hydrogen) atoms. The van der Waals surface area contributed by atoms with Gasteiger partial charge in [0, 0.05) is 5.56 Å². The van der Waals surface area contributed by atoms with Crippen LogP contribution in [0.5, 0.6) is 0 Å². The van der Waals surface area contributed by atoms with Gasteiger partial charge in [-0.1, -0.05) is 0 Å². The van der Waals surface area contributed by atoms with Gasteiger partial charge in [0.2, 0.25) is 0 Å². The maximum atomic E-state index is 12.6. The zero-order valence-electron chi connectivity index (χ0n) is 8.51. The van der Waals surface area contributed by atoms with Crippen LogP contribution < -0.4 is 0 Å². The van der Waals surface area contributed by atoms with E-state index in [2.05, 4.69) is 4.98 Å². The van der Waals surface area contributed by atoms with Crippen molar-refractivity contribution < 1.29 is 18.7 Å². The Labute approximate surface area is 96.1 Å². The van der Waals surface area contributed by atoms with E-state index in [0.717, 1.165) is 0 Å². The number of nitrogens with zero attached hydrogens (tertiary/aromatic N) is 1. The lowest BCUT2D eigenvalue weighted by Crippen LogP contribution is -2.09. The van der Waals surface area contributed by atoms with Crippen LogP contribution >= 0.6 is 11.6 Å². The highest BCUT2D eigenvalue weighted by Gasteiger charge is 2.18. The molecule has 0 fully saturated rings. The minimum atomic E-state index is -2.73. The summed E-state index contributed by atoms with van der Waals surface area (Å²) in [5.74, 6) is -1.12. The van der Waals surface area contributed by atoms with Crippen molar-refractivity contribution in [3.8, 4) is 0 Å². The fourth-order valence-corrected chi connectivity index (χ4v) is 1.60. The first-order chi connectivity index (χ1) is 7.45. The van der Waals surface area contributed by atoms with Crippen LogP contribution in [0.25, 0.3) is 0 Å². The first kappa shape index (κ1) is 12.8. The highest BCUT2D eigenvalue weighted by atomic mass is 35.5. The minimum Gasteiger partial charge on any atom is -0.481 e. The predicted octanol–water partition coefficient (Wildman–Crippen LogP) is 2.69. The van der Waals surface area contributed by atoms with Gasteiger partial charge in [0.05, 0.1) is 23.7 Å². The minimum absolute atomic E-state index is 0.0714. The van der Waals surface area contributed by atoms with E-state index >= 15 is 0 Å². The molecule has 0 radical (unpaired) electrons. The van der Waals surface area contributed by atoms with Crippen molar-refractivity contribution >= 4 is 17.6 Å². The van der Waals surface area contributed by atoms with E-state index in [1.807, 2.05) is 0 Å². The summed E-state index contributed by atoms with van der Waals surface area (Å²) >= 11 is 5.58. The van der Waals surface area contributed by atoms with Crippen LogP contribution in [0.2, 0.25) is 0 Å². The number of aromatic nitrogens is 1. The van der Waals surface area contributed by atoms with Crippen molar-refractivity contribution in [2.24, 2.45) is 0 Å². The maximum absolute atomic E-state index is 12.6. The second-order valence-corrected chi connectivity index (χ2v) is 3.56. The summed E-state index contributed by atoms with van der Waals surface area (Å²) in [7, 11) is 0. The molecule has 0 spiro atoms. The predicted molar refractivity (Wildman–Crippen MR) is 54.8 cm³/mol. The molecule has 0 saturated heterocycles. The van der Waals surface area contributed by atoms with Crippen molar-refractivity contribution in [3.05, 3.63) is 28.6 Å². The normalized spacial score (nSPS) is 10.8. The van der Waals surface area contributed by atoms with Gasteiger partial charge in [0.1, 0.15) is 0 Å². The number of carbonyl (C=O) groups is 1. The van der Waals surface area contributed by atoms with Crippen LogP contribution in [-0.2, 0) is 17.1 Å². The van der Waals surface area contributed by atoms with Gasteiger partial charge in [-0.2, -0.15) is 0 Å². The first-order valence-corrected chi connectivity index (χ1v) is 5.04. The second-order valence-electron chi connectivity index (χ2n) is 3.29. The van der Waals surface area contributed by atoms with E-state index in [-0.39, 0.29) is 17.1 Å². The van der Waals surface area contributed by atoms with E-state index in [0.29, 0.717) is 11.3 Å². The number of pyridine rings is 1. The van der Waals surface area contributed by atoms with Crippen molar-refractivity contribution in [1.82, 2.24) is 4.98 Å². The van der Waals surface area contributed by atoms with E-state index in [1.54, 1.807) is 6.92 Å². The zero-order valence-corrected chi connectivity index (χ0v) is 9.26. The summed E-state index contributed by atoms with van der Waals surface area (Å²) in [4.78, 5) is 14.4. The molecule has 1 N–H and O–H groups in total. The van der Waals surface area contributed by atoms with Gasteiger partial charge < -0.3 is 5.11 Å². The molecule has 0 aliphatic heterocycles. The molecule has 1 rings (SSSR count). The fourth-order valence-electron chi connectivity index (χ4n) is 1.32. The van der Waals surface area contributed by atoms with Gasteiger partial charge in [-0.15, -0.1) is 11.6 Å². The standard InChI is InChI=1S/C10H10ClF2NO2/c1-5-2-6(10(12)13)7(3-9(15)16)14-8(5)4-11/h2,10H,3-4H2,1H3,(H,15,16). The van der Waals surface area contributed by atoms with Crippen LogP contribution in [-0.4, -0.2) is 16.1 Å². The molecule has 0 bridgehead atoms. The molecule has 1 aromatic heterocycles. The average molecular weight is 250 g/mol. The summed E-state index contributed by atoms with van der Waals surface area (Å²) in [6.07, 6.45) is -3.26. The van der Waals surface area contributed by atoms with Crippen molar-refractivity contribution in [2.75, 3.05) is 0 Å². The van der Waals surface area contributed by atoms with Gasteiger partial charge in [-0.3, -0.25) is 9.78 Å². The summed E-state index contributed by atoms with van der Waals surface area (Å²) in [5.41, 5.74) is 0.513. The molecule has 0 unspecified atom stereocenters. The molecule has 6 heteroatoms. The third-order valence-electron chi connectivity index (χ3n) is 2.11. The number of hydrogen-bond donors (Lipinski definition) is 1. The van der Waals surface area contributed by atoms with Gasteiger partial charge in [0.15, 0.2) is 0 Å². The Balaban J connectivity index is 3.24. The summed E-state index contributed by atoms with van der Waals surface area (Å²) in [5, 5.41) is 8.59. The SMILES string of the molecule is Cc1cc(C(F)F)c(CC(=O)O)nc1CCl. The van der Waals surface area contributed by atoms with Gasteiger partial charge in [0.25, 0.3) is 6.43 Å². The molecule has 0 amide bonds. The Bertz CT molecular complexity index is 410. The Kier molecular flexibility index (Phi) is 4.18. The first-order valence-electron chi connectivity index (χ1n) is 4.51. The largest absolute Gasteiger partial charge is 0.481 e. The smallest absolute Gasteiger partial charge is 0.309 e. The third kappa shape index (κ3) is 2.88. The number of aliphatic carboxylic acids is 1. The van der Waals surface area contributed by atoms with Crippen molar-refractivity contribution in [1.29, 1.82) is 0 Å². The lowest BCUT2D eigenvalue weighted by atomic mass is 10.1. The molecule has 1 heterocycles. The summed E-state index contributed by atoms with van der Waals surface area (Å²) in [6, 6.07) is 1.24. The van der Waals surface area contributed by atoms with Crippen LogP contribution in [0.3, 0.4) is 0 Å². The molecule has 0 aliphatic carbocycles. The Hall–Kier alpha value is -1.23. The molecular weight excluding hydrogens is 240 g/mol. The molecule has 1 aromatic rings. The maximum Gasteiger partial charge on any atom is 0.309 e. The molecular formula is C10H10ClF2NO2. The van der Waals surface area contributed by atoms with Crippen LogP contribution in [0, 0.1) is 6.92 Å². The molecule has 0 aliphatic rings. The van der Waals surface area contributed by atoms with Crippen LogP contribution in [0.1, 0.15) is 28.9 Å². The summed E-state index contributed by atoms with van der Waals surface area (Å²) in [6.45, 7) is 1.61. The van der Waals surface area contributed by atoms with Gasteiger partial charge in [-0.25, -0.2) is 8.78 Å². The Morgan fingerprint density at radius 2 is 2.19 bits per heavy atom. The van der Waals surface area contributed by atoms with E-state index in [4.69, 9.17) is 16.7 Å². The quantitative estimate of drug-likeness (QED) is 0.835. The van der Waals surface area contributed by atoms with Crippen LogP contribution in [0.4, 0.5) is 8.78 Å². The average Bonchev–Trinajstić information content (AvgIpc) is 2.19. The number of aryl methyl sites for hydroxylation is 1. The number of alkyl halides is 3. The van der Waals surface area contributed by atoms with Crippen molar-refractivity contribution in [3.63, 3.8) is 0 Å². The van der Waals surface area contributed by atoms with Gasteiger partial charge >= 0.3 is 5.97 Å². The van der Waals surface area contributed by atoms with E-state index in [1.165, 1.54) is 6.07 Å². The topological polar surface area (TPSA) is 50.2 Å². The van der Waals surface area contributed by atoms with Gasteiger partial charge in [-0.05, 0) is 18.6 Å². The molecule has 0 saturated carbocycles. The molecule has 88 valence electrons. The highest BCUT2D eigenvalue weighted by molar-refractivity contribution is 6.17. The van der Waals surface area contributed by atoms with E-state index < -0.39 is 18.8 Å². The lowest BCUT2D eigenvalue weighted by Gasteiger charge is -2.10. The lowest BCUT2D eigenvalue weighted by molar-refractivity contribution is -0.136. The molecule has 3 nitrogen and oxygen atoms in total. The highest BCUT2D eigenvalue weighted by Crippen LogP contribution is 2.25. The number of rotatable bonds is 4. The zero-order chi connectivity index (χ0) is 12.3. The monoisotopic (exact) mass is 249 g/mol. The molecule has 0 aromatic carbocycles. The Morgan fingerprint density at radius 3 is 2.62 bits per heavy atom. The fraction of sp³-hybridized carbons (Fsp3) is 0.400. The number of carboxylic acids is 1. The Morgan fingerprint density at radius 1 is 1.56 bits per heavy atom. The number of hydrogen-bond acceptors (Lipinski definition) is 2. The van der Waals surface area contributed by atoms with Crippen molar-refractivity contribution in [2.45, 2.75) is 25.7 Å².